The van der Waals surface area contributed by atoms with E-state index in [1.165, 1.54) is 11.3 Å². The molecule has 2 N–H and O–H groups in total. The van der Waals surface area contributed by atoms with Gasteiger partial charge in [-0.3, -0.25) is 4.79 Å². The van der Waals surface area contributed by atoms with E-state index in [4.69, 9.17) is 4.74 Å². The Balaban J connectivity index is 2.02. The summed E-state index contributed by atoms with van der Waals surface area (Å²) in [5, 5.41) is 7.68. The number of ether oxygens (including phenoxy) is 1. The highest BCUT2D eigenvalue weighted by Crippen LogP contribution is 2.38. The minimum atomic E-state index is 0.0282. The van der Waals surface area contributed by atoms with E-state index >= 15 is 0 Å². The summed E-state index contributed by atoms with van der Waals surface area (Å²) in [6, 6.07) is 6.10. The van der Waals surface area contributed by atoms with Crippen LogP contribution in [0, 0.1) is 5.92 Å². The molecule has 1 aromatic heterocycles. The third kappa shape index (κ3) is 2.46. The molecule has 2 aromatic rings. The number of fused-ring (bicyclic) bond motifs is 3. The van der Waals surface area contributed by atoms with E-state index in [1.54, 1.807) is 7.11 Å². The Morgan fingerprint density at radius 1 is 1.48 bits per heavy atom. The first kappa shape index (κ1) is 14.2. The van der Waals surface area contributed by atoms with Crippen LogP contribution in [-0.4, -0.2) is 25.6 Å². The largest absolute Gasteiger partial charge is 0.497 e. The number of thiophene rings is 1. The van der Waals surface area contributed by atoms with Gasteiger partial charge in [-0.2, -0.15) is 0 Å². The quantitative estimate of drug-likeness (QED) is 0.913. The Labute approximate surface area is 128 Å². The number of carbonyl (C=O) groups excluding carboxylic acids is 1. The second kappa shape index (κ2) is 5.56. The molecule has 3 rings (SSSR count). The smallest absolute Gasteiger partial charge is 0.263 e. The normalized spacial score (nSPS) is 19.4. The molecule has 0 saturated carbocycles. The zero-order chi connectivity index (χ0) is 15.0. The minimum Gasteiger partial charge on any atom is -0.497 e. The van der Waals surface area contributed by atoms with Crippen molar-refractivity contribution in [1.29, 1.82) is 0 Å². The first-order valence-corrected chi connectivity index (χ1v) is 8.11. The van der Waals surface area contributed by atoms with Crippen LogP contribution in [0.2, 0.25) is 0 Å². The molecule has 5 heteroatoms. The van der Waals surface area contributed by atoms with Crippen molar-refractivity contribution in [3.8, 4) is 5.75 Å². The van der Waals surface area contributed by atoms with Crippen molar-refractivity contribution < 1.29 is 9.53 Å². The summed E-state index contributed by atoms with van der Waals surface area (Å²) in [6.07, 6.45) is 1.05. The molecule has 1 aliphatic heterocycles. The van der Waals surface area contributed by atoms with Gasteiger partial charge in [-0.15, -0.1) is 11.3 Å². The van der Waals surface area contributed by atoms with Crippen LogP contribution in [0.5, 0.6) is 5.75 Å². The minimum absolute atomic E-state index is 0.0282. The van der Waals surface area contributed by atoms with Gasteiger partial charge < -0.3 is 15.4 Å². The highest BCUT2D eigenvalue weighted by Gasteiger charge is 2.27. The zero-order valence-electron chi connectivity index (χ0n) is 12.5. The first-order valence-electron chi connectivity index (χ1n) is 7.29. The molecule has 0 spiro atoms. The standard InChI is InChI=1S/C16H20N2O2S/c1-4-9(2)12-8-17-14-11-7-10(20-3)5-6-13(11)21-15(14)16(19)18-12/h5-7,9,12,17H,4,8H2,1-3H3,(H,18,19). The molecule has 2 atom stereocenters. The molecule has 112 valence electrons. The fourth-order valence-corrected chi connectivity index (χ4v) is 3.73. The van der Waals surface area contributed by atoms with Gasteiger partial charge in [0.1, 0.15) is 10.6 Å². The Morgan fingerprint density at radius 2 is 2.29 bits per heavy atom. The fourth-order valence-electron chi connectivity index (χ4n) is 2.66. The van der Waals surface area contributed by atoms with Crippen LogP contribution in [0.4, 0.5) is 5.69 Å². The van der Waals surface area contributed by atoms with Gasteiger partial charge >= 0.3 is 0 Å². The number of amides is 1. The molecule has 4 nitrogen and oxygen atoms in total. The molecule has 2 unspecified atom stereocenters. The molecule has 0 bridgehead atoms. The summed E-state index contributed by atoms with van der Waals surface area (Å²) >= 11 is 1.53. The number of hydrogen-bond donors (Lipinski definition) is 2. The van der Waals surface area contributed by atoms with E-state index in [1.807, 2.05) is 18.2 Å². The van der Waals surface area contributed by atoms with Crippen molar-refractivity contribution in [2.24, 2.45) is 5.92 Å². The van der Waals surface area contributed by atoms with E-state index in [0.717, 1.165) is 39.4 Å². The van der Waals surface area contributed by atoms with Crippen LogP contribution in [0.25, 0.3) is 10.1 Å². The third-order valence-corrected chi connectivity index (χ3v) is 5.42. The Kier molecular flexibility index (Phi) is 3.76. The van der Waals surface area contributed by atoms with Gasteiger partial charge in [0.25, 0.3) is 5.91 Å². The molecular weight excluding hydrogens is 284 g/mol. The Morgan fingerprint density at radius 3 is 3.00 bits per heavy atom. The zero-order valence-corrected chi connectivity index (χ0v) is 13.3. The monoisotopic (exact) mass is 304 g/mol. The van der Waals surface area contributed by atoms with Crippen molar-refractivity contribution in [3.05, 3.63) is 23.1 Å². The molecule has 1 aromatic carbocycles. The number of carbonyl (C=O) groups is 1. The van der Waals surface area contributed by atoms with E-state index in [9.17, 15) is 4.79 Å². The second-order valence-electron chi connectivity index (χ2n) is 5.51. The average Bonchev–Trinajstić information content (AvgIpc) is 2.79. The molecule has 21 heavy (non-hydrogen) atoms. The maximum absolute atomic E-state index is 12.5. The van der Waals surface area contributed by atoms with Crippen molar-refractivity contribution in [2.45, 2.75) is 26.3 Å². The number of methoxy groups -OCH3 is 1. The summed E-state index contributed by atoms with van der Waals surface area (Å²) in [7, 11) is 1.66. The number of hydrogen-bond acceptors (Lipinski definition) is 4. The van der Waals surface area contributed by atoms with Crippen LogP contribution in [0.1, 0.15) is 29.9 Å². The molecule has 1 amide bonds. The highest BCUT2D eigenvalue weighted by atomic mass is 32.1. The summed E-state index contributed by atoms with van der Waals surface area (Å²) in [5.74, 6) is 1.30. The van der Waals surface area contributed by atoms with E-state index in [2.05, 4.69) is 24.5 Å². The third-order valence-electron chi connectivity index (χ3n) is 4.25. The lowest BCUT2D eigenvalue weighted by Crippen LogP contribution is -2.41. The van der Waals surface area contributed by atoms with Gasteiger partial charge in [-0.05, 0) is 24.1 Å². The Hall–Kier alpha value is -1.75. The van der Waals surface area contributed by atoms with Crippen molar-refractivity contribution in [2.75, 3.05) is 19.0 Å². The van der Waals surface area contributed by atoms with Gasteiger partial charge in [0.2, 0.25) is 0 Å². The van der Waals surface area contributed by atoms with Crippen LogP contribution >= 0.6 is 11.3 Å². The van der Waals surface area contributed by atoms with E-state index in [0.29, 0.717) is 5.92 Å². The van der Waals surface area contributed by atoms with E-state index < -0.39 is 0 Å². The molecule has 0 aliphatic carbocycles. The molecule has 0 fully saturated rings. The van der Waals surface area contributed by atoms with Crippen LogP contribution < -0.4 is 15.4 Å². The SMILES string of the molecule is CCC(C)C1CNc2c(sc3ccc(OC)cc23)C(=O)N1. The van der Waals surface area contributed by atoms with Gasteiger partial charge in [0.15, 0.2) is 0 Å². The number of anilines is 1. The summed E-state index contributed by atoms with van der Waals surface area (Å²) < 4.78 is 6.40. The predicted molar refractivity (Wildman–Crippen MR) is 87.6 cm³/mol. The number of benzene rings is 1. The van der Waals surface area contributed by atoms with Gasteiger partial charge in [-0.25, -0.2) is 0 Å². The van der Waals surface area contributed by atoms with Crippen LogP contribution in [-0.2, 0) is 0 Å². The fraction of sp³-hybridized carbons (Fsp3) is 0.438. The highest BCUT2D eigenvalue weighted by molar-refractivity contribution is 7.21. The van der Waals surface area contributed by atoms with Crippen LogP contribution in [0.15, 0.2) is 18.2 Å². The predicted octanol–water partition coefficient (Wildman–Crippen LogP) is 3.48. The summed E-state index contributed by atoms with van der Waals surface area (Å²) in [6.45, 7) is 5.09. The Bertz CT molecular complexity index is 680. The molecule has 0 radical (unpaired) electrons. The molecular formula is C16H20N2O2S. The van der Waals surface area contributed by atoms with Crippen LogP contribution in [0.3, 0.4) is 0 Å². The summed E-state index contributed by atoms with van der Waals surface area (Å²) in [5.41, 5.74) is 0.942. The average molecular weight is 304 g/mol. The van der Waals surface area contributed by atoms with Crippen molar-refractivity contribution in [3.63, 3.8) is 0 Å². The maximum Gasteiger partial charge on any atom is 0.263 e. The lowest BCUT2D eigenvalue weighted by Gasteiger charge is -2.22. The van der Waals surface area contributed by atoms with Crippen molar-refractivity contribution >= 4 is 33.0 Å². The lowest BCUT2D eigenvalue weighted by molar-refractivity contribution is 0.0934. The topological polar surface area (TPSA) is 50.4 Å². The number of rotatable bonds is 3. The number of nitrogens with one attached hydrogen (secondary N) is 2. The van der Waals surface area contributed by atoms with E-state index in [-0.39, 0.29) is 11.9 Å². The van der Waals surface area contributed by atoms with Gasteiger partial charge in [0, 0.05) is 22.7 Å². The van der Waals surface area contributed by atoms with Gasteiger partial charge in [0.05, 0.1) is 12.8 Å². The second-order valence-corrected chi connectivity index (χ2v) is 6.57. The van der Waals surface area contributed by atoms with Crippen molar-refractivity contribution in [1.82, 2.24) is 5.32 Å². The molecule has 2 heterocycles. The van der Waals surface area contributed by atoms with Gasteiger partial charge in [-0.1, -0.05) is 20.3 Å². The summed E-state index contributed by atoms with van der Waals surface area (Å²) in [4.78, 5) is 13.3. The molecule has 1 aliphatic rings. The molecule has 0 saturated heterocycles. The first-order chi connectivity index (χ1) is 10.1. The maximum atomic E-state index is 12.5. The lowest BCUT2D eigenvalue weighted by atomic mass is 9.99.